The lowest BCUT2D eigenvalue weighted by Gasteiger charge is -2.13. The van der Waals surface area contributed by atoms with E-state index in [1.54, 1.807) is 0 Å². The molecule has 21 heavy (non-hydrogen) atoms. The fourth-order valence-corrected chi connectivity index (χ4v) is 2.52. The number of hydrogen-bond acceptors (Lipinski definition) is 4. The average Bonchev–Trinajstić information content (AvgIpc) is 2.31. The highest BCUT2D eigenvalue weighted by atomic mass is 35.5. The van der Waals surface area contributed by atoms with E-state index in [1.165, 1.54) is 18.2 Å². The van der Waals surface area contributed by atoms with E-state index < -0.39 is 10.0 Å². The van der Waals surface area contributed by atoms with Crippen molar-refractivity contribution in [2.24, 2.45) is 0 Å². The smallest absolute Gasteiger partial charge is 0.229 e. The number of nitrogens with one attached hydrogen (secondary N) is 3. The molecule has 0 radical (unpaired) electrons. The van der Waals surface area contributed by atoms with E-state index in [0.29, 0.717) is 22.8 Å². The van der Waals surface area contributed by atoms with Crippen molar-refractivity contribution < 1.29 is 13.2 Å². The van der Waals surface area contributed by atoms with Gasteiger partial charge in [0.05, 0.1) is 22.7 Å². The van der Waals surface area contributed by atoms with Gasteiger partial charge in [-0.25, -0.2) is 8.42 Å². The molecule has 0 saturated carbocycles. The summed E-state index contributed by atoms with van der Waals surface area (Å²) in [5.74, 6) is -0.193. The molecule has 1 unspecified atom stereocenters. The lowest BCUT2D eigenvalue weighted by atomic mass is 10.2. The third-order valence-corrected chi connectivity index (χ3v) is 3.52. The van der Waals surface area contributed by atoms with Crippen LogP contribution < -0.4 is 15.4 Å². The van der Waals surface area contributed by atoms with Gasteiger partial charge in [-0.15, -0.1) is 0 Å². The molecule has 6 nitrogen and oxygen atoms in total. The second-order valence-corrected chi connectivity index (χ2v) is 6.94. The summed E-state index contributed by atoms with van der Waals surface area (Å²) in [5.41, 5.74) is 0.718. The van der Waals surface area contributed by atoms with Gasteiger partial charge in [-0.1, -0.05) is 18.5 Å². The molecular formula is C13H20ClN3O3S. The normalized spacial score (nSPS) is 12.8. The molecule has 0 fully saturated rings. The Morgan fingerprint density at radius 1 is 1.38 bits per heavy atom. The second kappa shape index (κ2) is 7.63. The number of halogens is 1. The first-order valence-electron chi connectivity index (χ1n) is 6.52. The Balaban J connectivity index is 2.78. The Hall–Kier alpha value is -1.31. The predicted molar refractivity (Wildman–Crippen MR) is 86.3 cm³/mol. The van der Waals surface area contributed by atoms with Crippen LogP contribution in [0.2, 0.25) is 5.02 Å². The summed E-state index contributed by atoms with van der Waals surface area (Å²) in [4.78, 5) is 11.9. The molecule has 1 rings (SSSR count). The zero-order chi connectivity index (χ0) is 16.0. The molecule has 0 heterocycles. The van der Waals surface area contributed by atoms with Crippen LogP contribution in [0.15, 0.2) is 18.2 Å². The number of carbonyl (C=O) groups is 1. The van der Waals surface area contributed by atoms with Gasteiger partial charge < -0.3 is 10.6 Å². The summed E-state index contributed by atoms with van der Waals surface area (Å²) in [6.45, 7) is 4.65. The van der Waals surface area contributed by atoms with Gasteiger partial charge in [0.15, 0.2) is 0 Å². The number of hydrogen-bond donors (Lipinski definition) is 3. The van der Waals surface area contributed by atoms with E-state index in [-0.39, 0.29) is 11.9 Å². The summed E-state index contributed by atoms with van der Waals surface area (Å²) in [6.07, 6.45) is 1.35. The highest BCUT2D eigenvalue weighted by molar-refractivity contribution is 7.92. The van der Waals surface area contributed by atoms with E-state index in [2.05, 4.69) is 15.4 Å². The molecule has 0 bridgehead atoms. The van der Waals surface area contributed by atoms with Gasteiger partial charge in [-0.05, 0) is 31.7 Å². The highest BCUT2D eigenvalue weighted by Crippen LogP contribution is 2.26. The van der Waals surface area contributed by atoms with Crippen molar-refractivity contribution in [2.45, 2.75) is 26.3 Å². The van der Waals surface area contributed by atoms with Crippen molar-refractivity contribution in [3.63, 3.8) is 0 Å². The standard InChI is InChI=1S/C13H20ClN3O3S/c1-4-15-9(2)7-13(18)16-12-8-10(5-6-11(12)14)17-21(3,19)20/h5-6,8-9,15,17H,4,7H2,1-3H3,(H,16,18). The highest BCUT2D eigenvalue weighted by Gasteiger charge is 2.11. The van der Waals surface area contributed by atoms with Gasteiger partial charge in [-0.2, -0.15) is 0 Å². The van der Waals surface area contributed by atoms with E-state index in [4.69, 9.17) is 11.6 Å². The lowest BCUT2D eigenvalue weighted by Crippen LogP contribution is -2.30. The van der Waals surface area contributed by atoms with Crippen LogP contribution in [0.1, 0.15) is 20.3 Å². The van der Waals surface area contributed by atoms with Crippen LogP contribution in [0.3, 0.4) is 0 Å². The van der Waals surface area contributed by atoms with Crippen LogP contribution >= 0.6 is 11.6 Å². The Morgan fingerprint density at radius 2 is 2.05 bits per heavy atom. The van der Waals surface area contributed by atoms with E-state index in [1.807, 2.05) is 13.8 Å². The Labute approximate surface area is 130 Å². The quantitative estimate of drug-likeness (QED) is 0.712. The van der Waals surface area contributed by atoms with Crippen molar-refractivity contribution in [2.75, 3.05) is 22.8 Å². The van der Waals surface area contributed by atoms with Crippen LogP contribution in [0.4, 0.5) is 11.4 Å². The summed E-state index contributed by atoms with van der Waals surface area (Å²) < 4.78 is 24.7. The molecule has 0 aliphatic heterocycles. The number of rotatable bonds is 7. The zero-order valence-corrected chi connectivity index (χ0v) is 13.8. The van der Waals surface area contributed by atoms with Crippen LogP contribution in [-0.2, 0) is 14.8 Å². The van der Waals surface area contributed by atoms with Gasteiger partial charge in [0.25, 0.3) is 0 Å². The van der Waals surface area contributed by atoms with Crippen molar-refractivity contribution in [3.8, 4) is 0 Å². The molecule has 1 aromatic carbocycles. The van der Waals surface area contributed by atoms with Gasteiger partial charge in [0, 0.05) is 12.5 Å². The Bertz CT molecular complexity index is 605. The van der Waals surface area contributed by atoms with E-state index >= 15 is 0 Å². The number of anilines is 2. The minimum Gasteiger partial charge on any atom is -0.325 e. The first-order valence-corrected chi connectivity index (χ1v) is 8.78. The molecule has 0 spiro atoms. The molecule has 1 amide bonds. The van der Waals surface area contributed by atoms with Gasteiger partial charge in [-0.3, -0.25) is 9.52 Å². The first kappa shape index (κ1) is 17.7. The summed E-state index contributed by atoms with van der Waals surface area (Å²) >= 11 is 6.00. The van der Waals surface area contributed by atoms with Crippen molar-refractivity contribution in [3.05, 3.63) is 23.2 Å². The Kier molecular flexibility index (Phi) is 6.44. The molecule has 1 aromatic rings. The number of sulfonamides is 1. The van der Waals surface area contributed by atoms with Crippen molar-refractivity contribution >= 4 is 38.9 Å². The molecular weight excluding hydrogens is 314 g/mol. The minimum atomic E-state index is -3.38. The average molecular weight is 334 g/mol. The Morgan fingerprint density at radius 3 is 2.62 bits per heavy atom. The maximum Gasteiger partial charge on any atom is 0.229 e. The van der Waals surface area contributed by atoms with Gasteiger partial charge in [0.1, 0.15) is 0 Å². The summed E-state index contributed by atoms with van der Waals surface area (Å²) in [6, 6.07) is 4.59. The first-order chi connectivity index (χ1) is 9.71. The molecule has 0 aromatic heterocycles. The summed E-state index contributed by atoms with van der Waals surface area (Å²) in [5, 5.41) is 6.16. The molecule has 3 N–H and O–H groups in total. The van der Waals surface area contributed by atoms with Crippen LogP contribution in [0, 0.1) is 0 Å². The summed E-state index contributed by atoms with van der Waals surface area (Å²) in [7, 11) is -3.38. The minimum absolute atomic E-state index is 0.0473. The molecule has 0 aliphatic rings. The van der Waals surface area contributed by atoms with Crippen molar-refractivity contribution in [1.29, 1.82) is 0 Å². The van der Waals surface area contributed by atoms with Crippen molar-refractivity contribution in [1.82, 2.24) is 5.32 Å². The number of benzene rings is 1. The monoisotopic (exact) mass is 333 g/mol. The maximum atomic E-state index is 11.9. The number of carbonyl (C=O) groups excluding carboxylic acids is 1. The van der Waals surface area contributed by atoms with Crippen LogP contribution in [0.5, 0.6) is 0 Å². The molecule has 1 atom stereocenters. The van der Waals surface area contributed by atoms with Crippen LogP contribution in [0.25, 0.3) is 0 Å². The molecule has 0 saturated heterocycles. The molecule has 118 valence electrons. The fourth-order valence-electron chi connectivity index (χ4n) is 1.80. The maximum absolute atomic E-state index is 11.9. The second-order valence-electron chi connectivity index (χ2n) is 4.78. The van der Waals surface area contributed by atoms with E-state index in [0.717, 1.165) is 12.8 Å². The third-order valence-electron chi connectivity index (χ3n) is 2.59. The fraction of sp³-hybridized carbons (Fsp3) is 0.462. The van der Waals surface area contributed by atoms with Gasteiger partial charge >= 0.3 is 0 Å². The largest absolute Gasteiger partial charge is 0.325 e. The number of amides is 1. The molecule has 0 aliphatic carbocycles. The van der Waals surface area contributed by atoms with Gasteiger partial charge in [0.2, 0.25) is 15.9 Å². The zero-order valence-electron chi connectivity index (χ0n) is 12.2. The predicted octanol–water partition coefficient (Wildman–Crippen LogP) is 2.04. The third kappa shape index (κ3) is 6.79. The SMILES string of the molecule is CCNC(C)CC(=O)Nc1cc(NS(C)(=O)=O)ccc1Cl. The topological polar surface area (TPSA) is 87.3 Å². The van der Waals surface area contributed by atoms with Crippen LogP contribution in [-0.4, -0.2) is 33.2 Å². The van der Waals surface area contributed by atoms with E-state index in [9.17, 15) is 13.2 Å². The molecule has 8 heteroatoms. The lowest BCUT2D eigenvalue weighted by molar-refractivity contribution is -0.116.